The number of hydrogen-bond donors (Lipinski definition) is 1. The predicted molar refractivity (Wildman–Crippen MR) is 62.3 cm³/mol. The Morgan fingerprint density at radius 3 is 2.93 bits per heavy atom. The minimum absolute atomic E-state index is 0.769. The number of rotatable bonds is 5. The molecule has 0 unspecified atom stereocenters. The lowest BCUT2D eigenvalue weighted by atomic mass is 10.1. The molecule has 0 aromatic carbocycles. The first kappa shape index (κ1) is 11.4. The normalized spacial score (nSPS) is 10.6. The molecule has 78 valence electrons. The van der Waals surface area contributed by atoms with Crippen LogP contribution in [-0.2, 0) is 0 Å². The second-order valence-corrected chi connectivity index (χ2v) is 4.54. The van der Waals surface area contributed by atoms with Gasteiger partial charge in [-0.1, -0.05) is 13.8 Å². The third-order valence-corrected chi connectivity index (χ3v) is 2.50. The van der Waals surface area contributed by atoms with Crippen LogP contribution in [0.2, 0.25) is 0 Å². The van der Waals surface area contributed by atoms with E-state index in [2.05, 4.69) is 45.1 Å². The van der Waals surface area contributed by atoms with Crippen molar-refractivity contribution in [2.75, 3.05) is 11.9 Å². The summed E-state index contributed by atoms with van der Waals surface area (Å²) >= 11 is 3.39. The van der Waals surface area contributed by atoms with Gasteiger partial charge >= 0.3 is 0 Å². The van der Waals surface area contributed by atoms with E-state index in [1.54, 1.807) is 12.5 Å². The molecule has 0 fully saturated rings. The van der Waals surface area contributed by atoms with E-state index in [0.717, 1.165) is 22.8 Å². The zero-order chi connectivity index (χ0) is 10.4. The van der Waals surface area contributed by atoms with E-state index in [-0.39, 0.29) is 0 Å². The molecule has 1 heterocycles. The molecule has 0 amide bonds. The number of nitrogens with one attached hydrogen (secondary N) is 1. The summed E-state index contributed by atoms with van der Waals surface area (Å²) < 4.78 is 0.921. The second kappa shape index (κ2) is 5.96. The number of hydrogen-bond acceptors (Lipinski definition) is 3. The minimum atomic E-state index is 0.769. The molecular formula is C10H16BrN3. The maximum Gasteiger partial charge on any atom is 0.143 e. The van der Waals surface area contributed by atoms with E-state index in [4.69, 9.17) is 0 Å². The van der Waals surface area contributed by atoms with E-state index in [0.29, 0.717) is 0 Å². The summed E-state index contributed by atoms with van der Waals surface area (Å²) in [5.41, 5.74) is 0. The fraction of sp³-hybridized carbons (Fsp3) is 0.600. The number of anilines is 1. The van der Waals surface area contributed by atoms with Gasteiger partial charge < -0.3 is 5.32 Å². The van der Waals surface area contributed by atoms with Crippen LogP contribution in [0, 0.1) is 5.92 Å². The van der Waals surface area contributed by atoms with Crippen molar-refractivity contribution >= 4 is 21.7 Å². The number of aromatic nitrogens is 2. The number of nitrogens with zero attached hydrogens (tertiary/aromatic N) is 2. The average Bonchev–Trinajstić information content (AvgIpc) is 2.15. The smallest absolute Gasteiger partial charge is 0.143 e. The third-order valence-electron chi connectivity index (χ3n) is 1.92. The molecule has 0 spiro atoms. The lowest BCUT2D eigenvalue weighted by molar-refractivity contribution is 0.566. The maximum absolute atomic E-state index is 4.13. The van der Waals surface area contributed by atoms with Gasteiger partial charge in [-0.25, -0.2) is 9.97 Å². The van der Waals surface area contributed by atoms with Crippen LogP contribution in [0.5, 0.6) is 0 Å². The molecule has 0 atom stereocenters. The van der Waals surface area contributed by atoms with E-state index in [1.165, 1.54) is 12.8 Å². The highest BCUT2D eigenvalue weighted by molar-refractivity contribution is 9.10. The van der Waals surface area contributed by atoms with Crippen molar-refractivity contribution in [3.05, 3.63) is 17.0 Å². The Kier molecular flexibility index (Phi) is 4.87. The van der Waals surface area contributed by atoms with Crippen LogP contribution < -0.4 is 5.32 Å². The summed E-state index contributed by atoms with van der Waals surface area (Å²) in [5.74, 6) is 1.65. The maximum atomic E-state index is 4.13. The topological polar surface area (TPSA) is 37.8 Å². The molecule has 1 rings (SSSR count). The van der Waals surface area contributed by atoms with Gasteiger partial charge in [0, 0.05) is 12.7 Å². The summed E-state index contributed by atoms with van der Waals surface area (Å²) in [5, 5.41) is 3.27. The molecule has 3 nitrogen and oxygen atoms in total. The SMILES string of the molecule is CC(C)CCCNc1ncncc1Br. The van der Waals surface area contributed by atoms with Gasteiger partial charge in [0.25, 0.3) is 0 Å². The van der Waals surface area contributed by atoms with Crippen molar-refractivity contribution in [1.82, 2.24) is 9.97 Å². The van der Waals surface area contributed by atoms with Crippen LogP contribution in [0.1, 0.15) is 26.7 Å². The second-order valence-electron chi connectivity index (χ2n) is 3.68. The van der Waals surface area contributed by atoms with Crippen molar-refractivity contribution in [2.24, 2.45) is 5.92 Å². The zero-order valence-corrected chi connectivity index (χ0v) is 10.2. The van der Waals surface area contributed by atoms with Crippen molar-refractivity contribution in [1.29, 1.82) is 0 Å². The highest BCUT2D eigenvalue weighted by Gasteiger charge is 1.99. The summed E-state index contributed by atoms with van der Waals surface area (Å²) in [6.07, 6.45) is 5.72. The van der Waals surface area contributed by atoms with E-state index in [1.807, 2.05) is 0 Å². The highest BCUT2D eigenvalue weighted by atomic mass is 79.9. The summed E-state index contributed by atoms with van der Waals surface area (Å²) in [6.45, 7) is 5.44. The van der Waals surface area contributed by atoms with Crippen molar-refractivity contribution < 1.29 is 0 Å². The van der Waals surface area contributed by atoms with Gasteiger partial charge in [-0.05, 0) is 34.7 Å². The molecule has 0 bridgehead atoms. The molecule has 1 aromatic heterocycles. The predicted octanol–water partition coefficient (Wildman–Crippen LogP) is 3.09. The first-order chi connectivity index (χ1) is 6.70. The molecule has 1 N–H and O–H groups in total. The first-order valence-corrected chi connectivity index (χ1v) is 5.69. The highest BCUT2D eigenvalue weighted by Crippen LogP contribution is 2.17. The lowest BCUT2D eigenvalue weighted by Crippen LogP contribution is -2.05. The van der Waals surface area contributed by atoms with Gasteiger partial charge in [0.15, 0.2) is 0 Å². The Bertz CT molecular complexity index is 276. The van der Waals surface area contributed by atoms with Crippen molar-refractivity contribution in [3.8, 4) is 0 Å². The largest absolute Gasteiger partial charge is 0.369 e. The standard InChI is InChI=1S/C10H16BrN3/c1-8(2)4-3-5-13-10-9(11)6-12-7-14-10/h6-8H,3-5H2,1-2H3,(H,12,13,14). The van der Waals surface area contributed by atoms with Gasteiger partial charge in [-0.2, -0.15) is 0 Å². The van der Waals surface area contributed by atoms with Gasteiger partial charge in [0.1, 0.15) is 12.1 Å². The Balaban J connectivity index is 2.28. The monoisotopic (exact) mass is 257 g/mol. The average molecular weight is 258 g/mol. The fourth-order valence-electron chi connectivity index (χ4n) is 1.16. The lowest BCUT2D eigenvalue weighted by Gasteiger charge is -2.07. The Morgan fingerprint density at radius 1 is 1.50 bits per heavy atom. The Hall–Kier alpha value is -0.640. The molecule has 4 heteroatoms. The van der Waals surface area contributed by atoms with Gasteiger partial charge in [-0.3, -0.25) is 0 Å². The van der Waals surface area contributed by atoms with Crippen LogP contribution in [0.25, 0.3) is 0 Å². The van der Waals surface area contributed by atoms with Gasteiger partial charge in [0.05, 0.1) is 4.47 Å². The summed E-state index contributed by atoms with van der Waals surface area (Å²) in [4.78, 5) is 8.03. The van der Waals surface area contributed by atoms with E-state index in [9.17, 15) is 0 Å². The van der Waals surface area contributed by atoms with Gasteiger partial charge in [-0.15, -0.1) is 0 Å². The van der Waals surface area contributed by atoms with Crippen LogP contribution in [0.15, 0.2) is 17.0 Å². The fourth-order valence-corrected chi connectivity index (χ4v) is 1.52. The summed E-state index contributed by atoms with van der Waals surface area (Å²) in [7, 11) is 0. The molecule has 0 aliphatic rings. The Labute approximate surface area is 93.5 Å². The molecule has 0 aliphatic carbocycles. The molecule has 0 saturated carbocycles. The first-order valence-electron chi connectivity index (χ1n) is 4.89. The third kappa shape index (κ3) is 4.05. The quantitative estimate of drug-likeness (QED) is 0.825. The van der Waals surface area contributed by atoms with Crippen LogP contribution >= 0.6 is 15.9 Å². The number of halogens is 1. The Morgan fingerprint density at radius 2 is 2.29 bits per heavy atom. The minimum Gasteiger partial charge on any atom is -0.369 e. The van der Waals surface area contributed by atoms with Crippen molar-refractivity contribution in [2.45, 2.75) is 26.7 Å². The van der Waals surface area contributed by atoms with Crippen LogP contribution in [0.3, 0.4) is 0 Å². The molecule has 0 radical (unpaired) electrons. The zero-order valence-electron chi connectivity index (χ0n) is 8.63. The van der Waals surface area contributed by atoms with Crippen molar-refractivity contribution in [3.63, 3.8) is 0 Å². The van der Waals surface area contributed by atoms with Crippen LogP contribution in [-0.4, -0.2) is 16.5 Å². The molecule has 14 heavy (non-hydrogen) atoms. The molecule has 0 aliphatic heterocycles. The molecule has 0 saturated heterocycles. The van der Waals surface area contributed by atoms with E-state index < -0.39 is 0 Å². The van der Waals surface area contributed by atoms with Crippen LogP contribution in [0.4, 0.5) is 5.82 Å². The molecule has 1 aromatic rings. The molecular weight excluding hydrogens is 242 g/mol. The van der Waals surface area contributed by atoms with E-state index >= 15 is 0 Å². The van der Waals surface area contributed by atoms with Gasteiger partial charge in [0.2, 0.25) is 0 Å². The summed E-state index contributed by atoms with van der Waals surface area (Å²) in [6, 6.07) is 0.